The maximum absolute atomic E-state index is 13.2. The second kappa shape index (κ2) is 9.82. The second-order valence-electron chi connectivity index (χ2n) is 3.75. The molecular weight excluding hydrogens is 237 g/mol. The van der Waals surface area contributed by atoms with Gasteiger partial charge in [0.2, 0.25) is 0 Å². The summed E-state index contributed by atoms with van der Waals surface area (Å²) in [5, 5.41) is 2.13. The first-order valence-corrected chi connectivity index (χ1v) is 6.10. The molecule has 0 unspecified atom stereocenters. The van der Waals surface area contributed by atoms with Crippen molar-refractivity contribution < 1.29 is 23.9 Å². The lowest BCUT2D eigenvalue weighted by Crippen LogP contribution is -2.86. The first-order chi connectivity index (χ1) is 8.84. The number of ether oxygens (including phenoxy) is 3. The molecule has 0 radical (unpaired) electrons. The summed E-state index contributed by atoms with van der Waals surface area (Å²) in [6, 6.07) is 6.35. The number of rotatable bonds is 10. The largest absolute Gasteiger partial charge is 0.488 e. The third kappa shape index (κ3) is 6.54. The Kier molecular flexibility index (Phi) is 8.12. The Balaban J connectivity index is 1.94. The summed E-state index contributed by atoms with van der Waals surface area (Å²) in [4.78, 5) is 0. The van der Waals surface area contributed by atoms with E-state index in [2.05, 4.69) is 5.32 Å². The highest BCUT2D eigenvalue weighted by molar-refractivity contribution is 5.23. The van der Waals surface area contributed by atoms with Crippen LogP contribution in [0.4, 0.5) is 4.39 Å². The van der Waals surface area contributed by atoms with Gasteiger partial charge in [-0.1, -0.05) is 12.1 Å². The molecule has 0 saturated heterocycles. The van der Waals surface area contributed by atoms with Gasteiger partial charge in [-0.25, -0.2) is 4.39 Å². The summed E-state index contributed by atoms with van der Waals surface area (Å²) in [6.07, 6.45) is 0. The Labute approximate surface area is 107 Å². The van der Waals surface area contributed by atoms with E-state index in [0.717, 1.165) is 19.7 Å². The fraction of sp³-hybridized carbons (Fsp3) is 0.538. The van der Waals surface area contributed by atoms with Crippen LogP contribution in [0.15, 0.2) is 24.3 Å². The van der Waals surface area contributed by atoms with E-state index < -0.39 is 0 Å². The molecule has 1 rings (SSSR count). The lowest BCUT2D eigenvalue weighted by molar-refractivity contribution is -0.657. The molecule has 0 heterocycles. The smallest absolute Gasteiger partial charge is 0.165 e. The van der Waals surface area contributed by atoms with Gasteiger partial charge in [0.25, 0.3) is 0 Å². The molecule has 1 aromatic carbocycles. The van der Waals surface area contributed by atoms with Crippen molar-refractivity contribution in [1.29, 1.82) is 0 Å². The van der Waals surface area contributed by atoms with Crippen LogP contribution in [0.2, 0.25) is 0 Å². The van der Waals surface area contributed by atoms with Crippen molar-refractivity contribution in [2.45, 2.75) is 0 Å². The summed E-state index contributed by atoms with van der Waals surface area (Å²) in [5.74, 6) is -0.0712. The Hall–Kier alpha value is -1.17. The highest BCUT2D eigenvalue weighted by Crippen LogP contribution is 2.14. The predicted molar refractivity (Wildman–Crippen MR) is 66.2 cm³/mol. The fourth-order valence-corrected chi connectivity index (χ4v) is 1.39. The molecule has 0 fully saturated rings. The molecule has 0 saturated carbocycles. The zero-order chi connectivity index (χ0) is 13.1. The zero-order valence-electron chi connectivity index (χ0n) is 10.7. The van der Waals surface area contributed by atoms with Gasteiger partial charge in [-0.05, 0) is 12.1 Å². The summed E-state index contributed by atoms with van der Waals surface area (Å²) in [7, 11) is 1.68. The van der Waals surface area contributed by atoms with Crippen LogP contribution in [0, 0.1) is 5.82 Å². The van der Waals surface area contributed by atoms with Gasteiger partial charge < -0.3 is 19.5 Å². The maximum Gasteiger partial charge on any atom is 0.165 e. The average Bonchev–Trinajstić information content (AvgIpc) is 2.39. The number of benzene rings is 1. The van der Waals surface area contributed by atoms with Gasteiger partial charge in [0.05, 0.1) is 32.9 Å². The van der Waals surface area contributed by atoms with Crippen molar-refractivity contribution in [2.24, 2.45) is 0 Å². The number of nitrogens with two attached hydrogens (primary N) is 1. The molecule has 0 bridgehead atoms. The van der Waals surface area contributed by atoms with E-state index in [-0.39, 0.29) is 11.6 Å². The number of halogens is 1. The molecule has 0 aliphatic carbocycles. The minimum absolute atomic E-state index is 0.271. The Morgan fingerprint density at radius 1 is 1.06 bits per heavy atom. The molecule has 1 aromatic rings. The van der Waals surface area contributed by atoms with Crippen LogP contribution in [-0.2, 0) is 9.47 Å². The van der Waals surface area contributed by atoms with E-state index >= 15 is 0 Å². The van der Waals surface area contributed by atoms with Gasteiger partial charge in [-0.3, -0.25) is 0 Å². The number of hydrogen-bond donors (Lipinski definition) is 1. The molecule has 0 spiro atoms. The van der Waals surface area contributed by atoms with Crippen LogP contribution in [0.25, 0.3) is 0 Å². The first kappa shape index (κ1) is 14.9. The minimum atomic E-state index is -0.342. The first-order valence-electron chi connectivity index (χ1n) is 6.10. The molecule has 0 aliphatic rings. The number of quaternary nitrogens is 1. The van der Waals surface area contributed by atoms with Gasteiger partial charge in [0.15, 0.2) is 11.6 Å². The van der Waals surface area contributed by atoms with Gasteiger partial charge in [-0.2, -0.15) is 0 Å². The predicted octanol–water partition coefficient (Wildman–Crippen LogP) is 0.431. The van der Waals surface area contributed by atoms with E-state index in [1.807, 2.05) is 0 Å². The van der Waals surface area contributed by atoms with Crippen LogP contribution in [-0.4, -0.2) is 46.6 Å². The van der Waals surface area contributed by atoms with E-state index in [0.29, 0.717) is 19.8 Å². The molecule has 102 valence electrons. The molecule has 2 N–H and O–H groups in total. The van der Waals surface area contributed by atoms with Crippen molar-refractivity contribution in [3.63, 3.8) is 0 Å². The topological polar surface area (TPSA) is 44.3 Å². The summed E-state index contributed by atoms with van der Waals surface area (Å²) >= 11 is 0. The Morgan fingerprint density at radius 3 is 2.61 bits per heavy atom. The molecule has 5 heteroatoms. The lowest BCUT2D eigenvalue weighted by atomic mass is 10.3. The molecule has 0 aromatic heterocycles. The van der Waals surface area contributed by atoms with Crippen molar-refractivity contribution in [3.8, 4) is 5.75 Å². The fourth-order valence-electron chi connectivity index (χ4n) is 1.39. The van der Waals surface area contributed by atoms with E-state index in [1.165, 1.54) is 6.07 Å². The van der Waals surface area contributed by atoms with Gasteiger partial charge in [-0.15, -0.1) is 0 Å². The zero-order valence-corrected chi connectivity index (χ0v) is 10.7. The lowest BCUT2D eigenvalue weighted by Gasteiger charge is -2.07. The number of methoxy groups -OCH3 is 1. The summed E-state index contributed by atoms with van der Waals surface area (Å²) < 4.78 is 28.7. The number of hydrogen-bond acceptors (Lipinski definition) is 3. The summed E-state index contributed by atoms with van der Waals surface area (Å²) in [5.41, 5.74) is 0. The van der Waals surface area contributed by atoms with Crippen LogP contribution < -0.4 is 10.1 Å². The highest BCUT2D eigenvalue weighted by Gasteiger charge is 2.00. The second-order valence-corrected chi connectivity index (χ2v) is 3.75. The van der Waals surface area contributed by atoms with Crippen molar-refractivity contribution >= 4 is 0 Å². The van der Waals surface area contributed by atoms with Crippen molar-refractivity contribution in [2.75, 3.05) is 46.6 Å². The number of para-hydroxylation sites is 1. The average molecular weight is 258 g/mol. The molecule has 0 aliphatic heterocycles. The van der Waals surface area contributed by atoms with E-state index in [4.69, 9.17) is 14.2 Å². The molecular formula is C13H21FNO3+. The van der Waals surface area contributed by atoms with Crippen LogP contribution in [0.3, 0.4) is 0 Å². The van der Waals surface area contributed by atoms with E-state index in [1.54, 1.807) is 25.3 Å². The van der Waals surface area contributed by atoms with Crippen LogP contribution in [0.5, 0.6) is 5.75 Å². The molecule has 18 heavy (non-hydrogen) atoms. The van der Waals surface area contributed by atoms with Gasteiger partial charge in [0, 0.05) is 7.11 Å². The standard InChI is InChI=1S/C13H20FNO3/c1-16-8-6-15-7-9-17-10-11-18-13-5-3-2-4-12(13)14/h2-5,15H,6-11H2,1H3/p+1. The van der Waals surface area contributed by atoms with Crippen molar-refractivity contribution in [1.82, 2.24) is 0 Å². The normalized spacial score (nSPS) is 10.6. The van der Waals surface area contributed by atoms with Crippen molar-refractivity contribution in [3.05, 3.63) is 30.1 Å². The van der Waals surface area contributed by atoms with E-state index in [9.17, 15) is 4.39 Å². The highest BCUT2D eigenvalue weighted by atomic mass is 19.1. The molecule has 0 atom stereocenters. The SMILES string of the molecule is COCC[NH2+]CCOCCOc1ccccc1F. The Morgan fingerprint density at radius 2 is 1.83 bits per heavy atom. The van der Waals surface area contributed by atoms with Gasteiger partial charge in [0.1, 0.15) is 6.61 Å². The van der Waals surface area contributed by atoms with Gasteiger partial charge >= 0.3 is 0 Å². The van der Waals surface area contributed by atoms with Crippen LogP contribution >= 0.6 is 0 Å². The molecule has 4 nitrogen and oxygen atoms in total. The maximum atomic E-state index is 13.2. The Bertz CT molecular complexity index is 323. The monoisotopic (exact) mass is 258 g/mol. The minimum Gasteiger partial charge on any atom is -0.488 e. The quantitative estimate of drug-likeness (QED) is 0.619. The summed E-state index contributed by atoms with van der Waals surface area (Å²) in [6.45, 7) is 4.06. The third-order valence-corrected chi connectivity index (χ3v) is 2.31. The van der Waals surface area contributed by atoms with Crippen LogP contribution in [0.1, 0.15) is 0 Å². The third-order valence-electron chi connectivity index (χ3n) is 2.31. The molecule has 0 amide bonds.